The standard InChI is InChI=1S/C25H27ClF3N5O3/c26-18-4-6-19(7-5-18)31-22(35)15-21-24(37)30-8-9-34(21)23(36)16-32-10-12-33(13-11-32)20-3-1-2-17(14-20)25(27,28)29/h1-7,14,21H,8-13,15-16H2,(H,30,37)(H,31,35)/t21-/m0/s1. The first-order valence-electron chi connectivity index (χ1n) is 11.9. The van der Waals surface area contributed by atoms with Crippen molar-refractivity contribution in [3.63, 3.8) is 0 Å². The predicted octanol–water partition coefficient (Wildman–Crippen LogP) is 2.84. The van der Waals surface area contributed by atoms with Gasteiger partial charge in [-0.05, 0) is 42.5 Å². The van der Waals surface area contributed by atoms with Crippen LogP contribution >= 0.6 is 11.6 Å². The van der Waals surface area contributed by atoms with Crippen molar-refractivity contribution in [1.82, 2.24) is 15.1 Å². The summed E-state index contributed by atoms with van der Waals surface area (Å²) in [6, 6.07) is 10.8. The first-order chi connectivity index (χ1) is 17.6. The number of amides is 3. The molecule has 12 heteroatoms. The molecule has 0 bridgehead atoms. The lowest BCUT2D eigenvalue weighted by atomic mass is 10.1. The highest BCUT2D eigenvalue weighted by Crippen LogP contribution is 2.32. The third kappa shape index (κ3) is 6.92. The summed E-state index contributed by atoms with van der Waals surface area (Å²) in [6.45, 7) is 2.51. The van der Waals surface area contributed by atoms with Crippen LogP contribution < -0.4 is 15.5 Å². The van der Waals surface area contributed by atoms with Crippen molar-refractivity contribution >= 4 is 40.7 Å². The van der Waals surface area contributed by atoms with Crippen LogP contribution in [0.3, 0.4) is 0 Å². The number of nitrogens with zero attached hydrogens (tertiary/aromatic N) is 3. The van der Waals surface area contributed by atoms with Gasteiger partial charge in [-0.1, -0.05) is 17.7 Å². The molecular formula is C25H27ClF3N5O3. The molecule has 2 aliphatic rings. The molecule has 2 aliphatic heterocycles. The maximum absolute atomic E-state index is 13.1. The quantitative estimate of drug-likeness (QED) is 0.592. The zero-order chi connectivity index (χ0) is 26.6. The second kappa shape index (κ2) is 11.4. The topological polar surface area (TPSA) is 85.0 Å². The van der Waals surface area contributed by atoms with Gasteiger partial charge in [-0.15, -0.1) is 0 Å². The number of anilines is 2. The molecule has 2 heterocycles. The molecule has 0 saturated carbocycles. The molecule has 0 aromatic heterocycles. The summed E-state index contributed by atoms with van der Waals surface area (Å²) < 4.78 is 39.2. The van der Waals surface area contributed by atoms with Crippen molar-refractivity contribution in [2.45, 2.75) is 18.6 Å². The highest BCUT2D eigenvalue weighted by Gasteiger charge is 2.36. The Labute approximate surface area is 217 Å². The SMILES string of the molecule is O=C(C[C@H]1C(=O)NCCN1C(=O)CN1CCN(c2cccc(C(F)(F)F)c2)CC1)Nc1ccc(Cl)cc1. The van der Waals surface area contributed by atoms with Crippen LogP contribution in [0.5, 0.6) is 0 Å². The van der Waals surface area contributed by atoms with Crippen LogP contribution in [0.2, 0.25) is 5.02 Å². The van der Waals surface area contributed by atoms with Crippen molar-refractivity contribution < 1.29 is 27.6 Å². The maximum Gasteiger partial charge on any atom is 0.416 e. The number of hydrogen-bond acceptors (Lipinski definition) is 5. The molecule has 0 radical (unpaired) electrons. The van der Waals surface area contributed by atoms with E-state index in [1.807, 2.05) is 9.80 Å². The van der Waals surface area contributed by atoms with E-state index in [0.717, 1.165) is 12.1 Å². The van der Waals surface area contributed by atoms with Crippen molar-refractivity contribution in [1.29, 1.82) is 0 Å². The average Bonchev–Trinajstić information content (AvgIpc) is 2.86. The van der Waals surface area contributed by atoms with E-state index in [4.69, 9.17) is 11.6 Å². The second-order valence-electron chi connectivity index (χ2n) is 8.96. The Bertz CT molecular complexity index is 1140. The van der Waals surface area contributed by atoms with E-state index in [1.54, 1.807) is 30.3 Å². The largest absolute Gasteiger partial charge is 0.416 e. The minimum atomic E-state index is -4.41. The minimum absolute atomic E-state index is 0.0546. The number of alkyl halides is 3. The van der Waals surface area contributed by atoms with Crippen LogP contribution in [0, 0.1) is 0 Å². The Morgan fingerprint density at radius 1 is 1.03 bits per heavy atom. The number of carbonyl (C=O) groups excluding carboxylic acids is 3. The van der Waals surface area contributed by atoms with Gasteiger partial charge in [0.25, 0.3) is 0 Å². The molecule has 37 heavy (non-hydrogen) atoms. The lowest BCUT2D eigenvalue weighted by Crippen LogP contribution is -2.60. The van der Waals surface area contributed by atoms with Gasteiger partial charge in [0.05, 0.1) is 18.5 Å². The Kier molecular flexibility index (Phi) is 8.23. The van der Waals surface area contributed by atoms with Crippen molar-refractivity contribution in [3.05, 3.63) is 59.1 Å². The fourth-order valence-electron chi connectivity index (χ4n) is 4.46. The van der Waals surface area contributed by atoms with Crippen LogP contribution in [-0.2, 0) is 20.6 Å². The number of halogens is 4. The molecule has 2 aromatic carbocycles. The molecule has 8 nitrogen and oxygen atoms in total. The predicted molar refractivity (Wildman–Crippen MR) is 133 cm³/mol. The van der Waals surface area contributed by atoms with E-state index < -0.39 is 23.7 Å². The molecule has 0 unspecified atom stereocenters. The van der Waals surface area contributed by atoms with Gasteiger partial charge >= 0.3 is 6.18 Å². The van der Waals surface area contributed by atoms with Crippen LogP contribution in [0.1, 0.15) is 12.0 Å². The molecule has 3 amide bonds. The first kappa shape index (κ1) is 26.7. The monoisotopic (exact) mass is 537 g/mol. The summed E-state index contributed by atoms with van der Waals surface area (Å²) in [5.41, 5.74) is 0.319. The van der Waals surface area contributed by atoms with E-state index in [2.05, 4.69) is 10.6 Å². The first-order valence-corrected chi connectivity index (χ1v) is 12.2. The van der Waals surface area contributed by atoms with Gasteiger partial charge in [0.2, 0.25) is 17.7 Å². The van der Waals surface area contributed by atoms with Crippen LogP contribution in [-0.4, -0.2) is 79.4 Å². The molecule has 2 saturated heterocycles. The van der Waals surface area contributed by atoms with Gasteiger partial charge in [0, 0.05) is 55.7 Å². The van der Waals surface area contributed by atoms with Crippen LogP contribution in [0.15, 0.2) is 48.5 Å². The van der Waals surface area contributed by atoms with Gasteiger partial charge in [-0.25, -0.2) is 0 Å². The van der Waals surface area contributed by atoms with Crippen molar-refractivity contribution in [3.8, 4) is 0 Å². The van der Waals surface area contributed by atoms with Crippen molar-refractivity contribution in [2.24, 2.45) is 0 Å². The van der Waals surface area contributed by atoms with E-state index >= 15 is 0 Å². The average molecular weight is 538 g/mol. The minimum Gasteiger partial charge on any atom is -0.369 e. The zero-order valence-electron chi connectivity index (χ0n) is 19.9. The van der Waals surface area contributed by atoms with E-state index in [9.17, 15) is 27.6 Å². The Hall–Kier alpha value is -3.31. The zero-order valence-corrected chi connectivity index (χ0v) is 20.7. The third-order valence-electron chi connectivity index (χ3n) is 6.43. The van der Waals surface area contributed by atoms with E-state index in [-0.39, 0.29) is 31.3 Å². The van der Waals surface area contributed by atoms with Gasteiger partial charge in [-0.2, -0.15) is 13.2 Å². The maximum atomic E-state index is 13.1. The van der Waals surface area contributed by atoms with Crippen LogP contribution in [0.25, 0.3) is 0 Å². The summed E-state index contributed by atoms with van der Waals surface area (Å²) in [5, 5.41) is 5.94. The number of nitrogens with one attached hydrogen (secondary N) is 2. The van der Waals surface area contributed by atoms with Crippen LogP contribution in [0.4, 0.5) is 24.5 Å². The number of carbonyl (C=O) groups is 3. The number of benzene rings is 2. The smallest absolute Gasteiger partial charge is 0.369 e. The Morgan fingerprint density at radius 3 is 2.41 bits per heavy atom. The van der Waals surface area contributed by atoms with E-state index in [1.165, 1.54) is 11.0 Å². The van der Waals surface area contributed by atoms with Gasteiger partial charge in [-0.3, -0.25) is 19.3 Å². The lowest BCUT2D eigenvalue weighted by Gasteiger charge is -2.39. The summed E-state index contributed by atoms with van der Waals surface area (Å²) in [5.74, 6) is -1.07. The fraction of sp³-hybridized carbons (Fsp3) is 0.400. The highest BCUT2D eigenvalue weighted by atomic mass is 35.5. The molecular weight excluding hydrogens is 511 g/mol. The summed E-state index contributed by atoms with van der Waals surface area (Å²) in [4.78, 5) is 43.4. The third-order valence-corrected chi connectivity index (χ3v) is 6.68. The van der Waals surface area contributed by atoms with Gasteiger partial charge < -0.3 is 20.4 Å². The number of hydrogen-bond donors (Lipinski definition) is 2. The van der Waals surface area contributed by atoms with Gasteiger partial charge in [0.15, 0.2) is 0 Å². The molecule has 1 atom stereocenters. The Balaban J connectivity index is 1.32. The highest BCUT2D eigenvalue weighted by molar-refractivity contribution is 6.30. The molecule has 198 valence electrons. The molecule has 2 fully saturated rings. The lowest BCUT2D eigenvalue weighted by molar-refractivity contribution is -0.145. The fourth-order valence-corrected chi connectivity index (χ4v) is 4.59. The molecule has 4 rings (SSSR count). The second-order valence-corrected chi connectivity index (χ2v) is 9.40. The normalized spacial score (nSPS) is 18.9. The summed E-state index contributed by atoms with van der Waals surface area (Å²) in [7, 11) is 0. The molecule has 2 aromatic rings. The molecule has 2 N–H and O–H groups in total. The molecule has 0 aliphatic carbocycles. The van der Waals surface area contributed by atoms with Gasteiger partial charge in [0.1, 0.15) is 6.04 Å². The summed E-state index contributed by atoms with van der Waals surface area (Å²) >= 11 is 5.86. The molecule has 0 spiro atoms. The Morgan fingerprint density at radius 2 is 1.73 bits per heavy atom. The number of rotatable bonds is 6. The van der Waals surface area contributed by atoms with E-state index in [0.29, 0.717) is 49.1 Å². The summed E-state index contributed by atoms with van der Waals surface area (Å²) in [6.07, 6.45) is -4.60. The van der Waals surface area contributed by atoms with Crippen molar-refractivity contribution in [2.75, 3.05) is 56.0 Å². The number of piperazine rings is 2.